The summed E-state index contributed by atoms with van der Waals surface area (Å²) in [5.41, 5.74) is 14.6. The van der Waals surface area contributed by atoms with E-state index in [0.717, 1.165) is 44.4 Å². The van der Waals surface area contributed by atoms with E-state index in [0.29, 0.717) is 0 Å². The van der Waals surface area contributed by atoms with Crippen molar-refractivity contribution in [2.45, 2.75) is 0 Å². The number of para-hydroxylation sites is 1. The first-order valence-electron chi connectivity index (χ1n) is 18.4. The Labute approximate surface area is 314 Å². The first kappa shape index (κ1) is 31.6. The summed E-state index contributed by atoms with van der Waals surface area (Å²) >= 11 is 0. The lowest BCUT2D eigenvalue weighted by Crippen LogP contribution is -2.10. The van der Waals surface area contributed by atoms with Gasteiger partial charge in [-0.05, 0) is 110 Å². The fourth-order valence-corrected chi connectivity index (χ4v) is 7.82. The largest absolute Gasteiger partial charge is 0.456 e. The molecule has 0 fully saturated rings. The zero-order chi connectivity index (χ0) is 35.8. The summed E-state index contributed by atoms with van der Waals surface area (Å²) < 4.78 is 6.23. The van der Waals surface area contributed by atoms with E-state index in [2.05, 4.69) is 205 Å². The summed E-state index contributed by atoms with van der Waals surface area (Å²) in [4.78, 5) is 2.37. The van der Waals surface area contributed by atoms with Gasteiger partial charge in [-0.1, -0.05) is 158 Å². The van der Waals surface area contributed by atoms with Gasteiger partial charge >= 0.3 is 0 Å². The van der Waals surface area contributed by atoms with E-state index in [9.17, 15) is 0 Å². The van der Waals surface area contributed by atoms with Gasteiger partial charge in [-0.2, -0.15) is 0 Å². The molecule has 0 bridgehead atoms. The number of nitrogens with zero attached hydrogens (tertiary/aromatic N) is 1. The summed E-state index contributed by atoms with van der Waals surface area (Å²) in [5, 5.41) is 4.65. The number of fused-ring (bicyclic) bond motifs is 4. The molecule has 0 aliphatic heterocycles. The van der Waals surface area contributed by atoms with Crippen LogP contribution in [-0.4, -0.2) is 0 Å². The van der Waals surface area contributed by atoms with Crippen molar-refractivity contribution in [1.29, 1.82) is 0 Å². The van der Waals surface area contributed by atoms with Crippen molar-refractivity contribution in [2.24, 2.45) is 0 Å². The Morgan fingerprint density at radius 1 is 0.278 bits per heavy atom. The van der Waals surface area contributed by atoms with E-state index >= 15 is 0 Å². The molecule has 10 aromatic rings. The maximum Gasteiger partial charge on any atom is 0.136 e. The number of hydrogen-bond acceptors (Lipinski definition) is 2. The van der Waals surface area contributed by atoms with E-state index in [-0.39, 0.29) is 0 Å². The topological polar surface area (TPSA) is 16.4 Å². The predicted molar refractivity (Wildman–Crippen MR) is 228 cm³/mol. The highest BCUT2D eigenvalue weighted by Gasteiger charge is 2.18. The van der Waals surface area contributed by atoms with Gasteiger partial charge in [-0.3, -0.25) is 0 Å². The molecule has 9 aromatic carbocycles. The number of hydrogen-bond donors (Lipinski definition) is 0. The molecule has 2 heteroatoms. The minimum atomic E-state index is 0.915. The number of rotatable bonds is 7. The Kier molecular flexibility index (Phi) is 7.85. The summed E-state index contributed by atoms with van der Waals surface area (Å²) in [6.45, 7) is 0. The molecule has 1 aromatic heterocycles. The second-order valence-corrected chi connectivity index (χ2v) is 13.7. The number of furan rings is 1. The fourth-order valence-electron chi connectivity index (χ4n) is 7.82. The molecule has 0 N–H and O–H groups in total. The summed E-state index contributed by atoms with van der Waals surface area (Å²) in [6, 6.07) is 76.0. The second-order valence-electron chi connectivity index (χ2n) is 13.7. The molecule has 1 heterocycles. The minimum Gasteiger partial charge on any atom is -0.456 e. The lowest BCUT2D eigenvalue weighted by Gasteiger charge is -2.27. The van der Waals surface area contributed by atoms with Crippen LogP contribution in [0.25, 0.3) is 77.2 Å². The smallest absolute Gasteiger partial charge is 0.136 e. The summed E-state index contributed by atoms with van der Waals surface area (Å²) in [7, 11) is 0. The van der Waals surface area contributed by atoms with Crippen LogP contribution in [0.1, 0.15) is 0 Å². The zero-order valence-electron chi connectivity index (χ0n) is 29.6. The molecule has 2 nitrogen and oxygen atoms in total. The molecule has 10 rings (SSSR count). The lowest BCUT2D eigenvalue weighted by molar-refractivity contribution is 0.669. The molecule has 0 saturated heterocycles. The van der Waals surface area contributed by atoms with E-state index < -0.39 is 0 Å². The quantitative estimate of drug-likeness (QED) is 0.166. The Balaban J connectivity index is 1.11. The zero-order valence-corrected chi connectivity index (χ0v) is 29.6. The van der Waals surface area contributed by atoms with Crippen LogP contribution in [0.15, 0.2) is 217 Å². The molecule has 0 aliphatic rings. The highest BCUT2D eigenvalue weighted by Crippen LogP contribution is 2.42. The van der Waals surface area contributed by atoms with Crippen LogP contribution in [0.3, 0.4) is 0 Å². The number of anilines is 3. The summed E-state index contributed by atoms with van der Waals surface area (Å²) in [6.07, 6.45) is 0. The lowest BCUT2D eigenvalue weighted by atomic mass is 9.93. The van der Waals surface area contributed by atoms with Gasteiger partial charge in [0.15, 0.2) is 0 Å². The normalized spacial score (nSPS) is 11.3. The van der Waals surface area contributed by atoms with Crippen LogP contribution in [0, 0.1) is 0 Å². The van der Waals surface area contributed by atoms with Crippen LogP contribution in [0.2, 0.25) is 0 Å². The Bertz CT molecular complexity index is 2890. The van der Waals surface area contributed by atoms with Crippen molar-refractivity contribution in [3.8, 4) is 44.5 Å². The van der Waals surface area contributed by atoms with Gasteiger partial charge in [-0.15, -0.1) is 0 Å². The highest BCUT2D eigenvalue weighted by atomic mass is 16.3. The monoisotopic (exact) mass is 689 g/mol. The second kappa shape index (κ2) is 13.4. The van der Waals surface area contributed by atoms with E-state index in [4.69, 9.17) is 4.42 Å². The highest BCUT2D eigenvalue weighted by molar-refractivity contribution is 6.12. The summed E-state index contributed by atoms with van der Waals surface area (Å²) in [5.74, 6) is 0. The molecule has 0 unspecified atom stereocenters. The van der Waals surface area contributed by atoms with Gasteiger partial charge in [0.25, 0.3) is 0 Å². The molecule has 0 amide bonds. The maximum atomic E-state index is 6.23. The van der Waals surface area contributed by atoms with E-state index in [1.807, 2.05) is 12.1 Å². The Morgan fingerprint density at radius 3 is 1.50 bits per heavy atom. The van der Waals surface area contributed by atoms with Crippen LogP contribution in [-0.2, 0) is 0 Å². The molecule has 0 atom stereocenters. The Morgan fingerprint density at radius 2 is 0.815 bits per heavy atom. The van der Waals surface area contributed by atoms with Gasteiger partial charge in [0, 0.05) is 27.8 Å². The molecule has 0 saturated carbocycles. The molecular weight excluding hydrogens is 655 g/mol. The minimum absolute atomic E-state index is 0.915. The van der Waals surface area contributed by atoms with Gasteiger partial charge < -0.3 is 9.32 Å². The first-order chi connectivity index (χ1) is 26.8. The molecule has 0 spiro atoms. The predicted octanol–water partition coefficient (Wildman–Crippen LogP) is 14.9. The first-order valence-corrected chi connectivity index (χ1v) is 18.4. The average molecular weight is 690 g/mol. The van der Waals surface area contributed by atoms with Crippen molar-refractivity contribution in [3.63, 3.8) is 0 Å². The van der Waals surface area contributed by atoms with Gasteiger partial charge in [0.1, 0.15) is 11.2 Å². The molecule has 54 heavy (non-hydrogen) atoms. The van der Waals surface area contributed by atoms with Crippen molar-refractivity contribution in [3.05, 3.63) is 212 Å². The van der Waals surface area contributed by atoms with Crippen LogP contribution in [0.4, 0.5) is 17.1 Å². The Hall–Kier alpha value is -7.16. The van der Waals surface area contributed by atoms with Crippen molar-refractivity contribution in [1.82, 2.24) is 0 Å². The average Bonchev–Trinajstić information content (AvgIpc) is 3.61. The van der Waals surface area contributed by atoms with Gasteiger partial charge in [0.2, 0.25) is 0 Å². The van der Waals surface area contributed by atoms with E-state index in [1.54, 1.807) is 0 Å². The van der Waals surface area contributed by atoms with Crippen LogP contribution >= 0.6 is 0 Å². The SMILES string of the molecule is c1ccc(-c2ccc(N(c3ccc(-c4cccc5cc6oc7ccccc7c6cc45)cc3)c3ccc(-c4ccccc4)c(-c4ccccc4)c3)cc2)cc1. The van der Waals surface area contributed by atoms with Crippen molar-refractivity contribution in [2.75, 3.05) is 4.90 Å². The fraction of sp³-hybridized carbons (Fsp3) is 0. The molecule has 0 radical (unpaired) electrons. The maximum absolute atomic E-state index is 6.23. The number of benzene rings is 9. The van der Waals surface area contributed by atoms with E-state index in [1.165, 1.54) is 49.9 Å². The molecule has 0 aliphatic carbocycles. The van der Waals surface area contributed by atoms with Gasteiger partial charge in [-0.25, -0.2) is 0 Å². The van der Waals surface area contributed by atoms with Crippen LogP contribution in [0.5, 0.6) is 0 Å². The van der Waals surface area contributed by atoms with Crippen molar-refractivity contribution >= 4 is 49.8 Å². The molecule has 254 valence electrons. The third-order valence-corrected chi connectivity index (χ3v) is 10.5. The third kappa shape index (κ3) is 5.71. The van der Waals surface area contributed by atoms with Crippen molar-refractivity contribution < 1.29 is 4.42 Å². The third-order valence-electron chi connectivity index (χ3n) is 10.5. The van der Waals surface area contributed by atoms with Crippen LogP contribution < -0.4 is 4.90 Å². The molecular formula is C52H35NO. The standard InChI is InChI=1S/C52H35NO/c1-4-13-36(14-5-1)37-23-27-42(28-24-37)53(44-31-32-46(38-15-6-2-7-16-38)48(34-44)39-17-8-3-9-18-39)43-29-25-40(26-30-43)45-21-12-19-41-33-52-50(35-49(41)45)47-20-10-11-22-51(47)54-52/h1-35H. The van der Waals surface area contributed by atoms with Gasteiger partial charge in [0.05, 0.1) is 0 Å².